The van der Waals surface area contributed by atoms with Crippen molar-refractivity contribution in [2.24, 2.45) is 7.05 Å². The number of hydrogen-bond acceptors (Lipinski definition) is 1. The topological polar surface area (TPSA) is 42.7 Å². The predicted octanol–water partition coefficient (Wildman–Crippen LogP) is 0.563. The van der Waals surface area contributed by atoms with Gasteiger partial charge >= 0.3 is 0 Å². The van der Waals surface area contributed by atoms with Crippen LogP contribution in [0.4, 0.5) is 0 Å². The molecule has 4 heteroatoms. The van der Waals surface area contributed by atoms with Crippen LogP contribution in [0.15, 0.2) is 35.4 Å². The molecule has 13 heavy (non-hydrogen) atoms. The van der Waals surface area contributed by atoms with Crippen molar-refractivity contribution in [3.05, 3.63) is 46.6 Å². The summed E-state index contributed by atoms with van der Waals surface area (Å²) < 4.78 is 3.48. The quantitative estimate of drug-likeness (QED) is 0.715. The second-order valence-electron chi connectivity index (χ2n) is 3.03. The number of hydrogen-bond donors (Lipinski definition) is 1. The van der Waals surface area contributed by atoms with E-state index < -0.39 is 0 Å². The van der Waals surface area contributed by atoms with Crippen LogP contribution in [0.1, 0.15) is 5.69 Å². The Balaban J connectivity index is 2.24. The Morgan fingerprint density at radius 1 is 1.38 bits per heavy atom. The molecule has 2 aromatic rings. The summed E-state index contributed by atoms with van der Waals surface area (Å²) in [6.45, 7) is 0.711. The van der Waals surface area contributed by atoms with Gasteiger partial charge in [-0.1, -0.05) is 0 Å². The van der Waals surface area contributed by atoms with E-state index in [1.165, 1.54) is 4.68 Å². The lowest BCUT2D eigenvalue weighted by atomic mass is 10.4. The standard InChI is InChI=1S/C9H11N3O/c1-11-9(13)6-8(10-11)7-12-4-2-3-5-12/h2-6,10H,7H2,1H3. The van der Waals surface area contributed by atoms with E-state index in [2.05, 4.69) is 5.10 Å². The fourth-order valence-corrected chi connectivity index (χ4v) is 1.30. The lowest BCUT2D eigenvalue weighted by Gasteiger charge is -1.98. The monoisotopic (exact) mass is 177 g/mol. The van der Waals surface area contributed by atoms with Gasteiger partial charge in [0.25, 0.3) is 5.56 Å². The van der Waals surface area contributed by atoms with Crippen molar-refractivity contribution in [3.63, 3.8) is 0 Å². The molecule has 0 bridgehead atoms. The van der Waals surface area contributed by atoms with Gasteiger partial charge in [-0.15, -0.1) is 0 Å². The summed E-state index contributed by atoms with van der Waals surface area (Å²) in [4.78, 5) is 11.1. The lowest BCUT2D eigenvalue weighted by molar-refractivity contribution is 0.695. The summed E-state index contributed by atoms with van der Waals surface area (Å²) in [6, 6.07) is 5.53. The summed E-state index contributed by atoms with van der Waals surface area (Å²) >= 11 is 0. The molecule has 0 radical (unpaired) electrons. The van der Waals surface area contributed by atoms with Crippen LogP contribution in [0.5, 0.6) is 0 Å². The van der Waals surface area contributed by atoms with Crippen molar-refractivity contribution in [3.8, 4) is 0 Å². The Morgan fingerprint density at radius 3 is 2.62 bits per heavy atom. The first-order chi connectivity index (χ1) is 6.25. The third kappa shape index (κ3) is 1.56. The average Bonchev–Trinajstić information content (AvgIpc) is 2.64. The Hall–Kier alpha value is -1.71. The van der Waals surface area contributed by atoms with Crippen LogP contribution < -0.4 is 5.56 Å². The first-order valence-corrected chi connectivity index (χ1v) is 4.11. The molecule has 68 valence electrons. The van der Waals surface area contributed by atoms with Crippen molar-refractivity contribution >= 4 is 0 Å². The molecular weight excluding hydrogens is 166 g/mol. The highest BCUT2D eigenvalue weighted by Crippen LogP contribution is 1.96. The average molecular weight is 177 g/mol. The van der Waals surface area contributed by atoms with Crippen LogP contribution in [0.2, 0.25) is 0 Å². The van der Waals surface area contributed by atoms with Gasteiger partial charge in [0.1, 0.15) is 0 Å². The van der Waals surface area contributed by atoms with Gasteiger partial charge in [0.2, 0.25) is 0 Å². The number of nitrogens with zero attached hydrogens (tertiary/aromatic N) is 2. The Kier molecular flexibility index (Phi) is 1.81. The van der Waals surface area contributed by atoms with Crippen molar-refractivity contribution in [1.29, 1.82) is 0 Å². The van der Waals surface area contributed by atoms with Crippen LogP contribution in [0, 0.1) is 0 Å². The lowest BCUT2D eigenvalue weighted by Crippen LogP contribution is -2.09. The molecule has 2 aromatic heterocycles. The predicted molar refractivity (Wildman–Crippen MR) is 49.6 cm³/mol. The van der Waals surface area contributed by atoms with Gasteiger partial charge in [0.05, 0.1) is 12.2 Å². The fourth-order valence-electron chi connectivity index (χ4n) is 1.30. The molecule has 4 nitrogen and oxygen atoms in total. The maximum atomic E-state index is 11.1. The number of aromatic amines is 1. The number of aryl methyl sites for hydroxylation is 1. The summed E-state index contributed by atoms with van der Waals surface area (Å²) in [5.74, 6) is 0. The van der Waals surface area contributed by atoms with E-state index in [0.29, 0.717) is 6.54 Å². The minimum atomic E-state index is 0.00200. The molecule has 0 aliphatic carbocycles. The molecule has 0 fully saturated rings. The van der Waals surface area contributed by atoms with Crippen LogP contribution in [-0.2, 0) is 13.6 Å². The summed E-state index contributed by atoms with van der Waals surface area (Å²) in [5, 5.41) is 2.97. The second kappa shape index (κ2) is 2.97. The smallest absolute Gasteiger partial charge is 0.266 e. The highest BCUT2D eigenvalue weighted by molar-refractivity contribution is 5.02. The van der Waals surface area contributed by atoms with Gasteiger partial charge in [-0.25, -0.2) is 0 Å². The van der Waals surface area contributed by atoms with Crippen molar-refractivity contribution in [2.75, 3.05) is 0 Å². The number of nitrogens with one attached hydrogen (secondary N) is 1. The van der Waals surface area contributed by atoms with Crippen molar-refractivity contribution in [1.82, 2.24) is 14.3 Å². The van der Waals surface area contributed by atoms with Gasteiger partial charge in [-0.05, 0) is 12.1 Å². The maximum absolute atomic E-state index is 11.1. The largest absolute Gasteiger partial charge is 0.348 e. The van der Waals surface area contributed by atoms with Gasteiger partial charge in [0, 0.05) is 25.5 Å². The molecule has 0 aromatic carbocycles. The van der Waals surface area contributed by atoms with Gasteiger partial charge in [-0.2, -0.15) is 0 Å². The van der Waals surface area contributed by atoms with Crippen LogP contribution >= 0.6 is 0 Å². The van der Waals surface area contributed by atoms with Crippen molar-refractivity contribution < 1.29 is 0 Å². The van der Waals surface area contributed by atoms with Gasteiger partial charge in [-0.3, -0.25) is 14.6 Å². The maximum Gasteiger partial charge on any atom is 0.266 e. The van der Waals surface area contributed by atoms with Gasteiger partial charge < -0.3 is 4.57 Å². The van der Waals surface area contributed by atoms with Crippen molar-refractivity contribution in [2.45, 2.75) is 6.54 Å². The molecular formula is C9H11N3O. The zero-order valence-corrected chi connectivity index (χ0v) is 7.40. The first-order valence-electron chi connectivity index (χ1n) is 4.11. The minimum absolute atomic E-state index is 0.00200. The molecule has 0 saturated carbocycles. The summed E-state index contributed by atoms with van der Waals surface area (Å²) in [6.07, 6.45) is 3.93. The van der Waals surface area contributed by atoms with E-state index in [9.17, 15) is 4.79 Å². The minimum Gasteiger partial charge on any atom is -0.348 e. The number of H-pyrrole nitrogens is 1. The fraction of sp³-hybridized carbons (Fsp3) is 0.222. The molecule has 0 amide bonds. The van der Waals surface area contributed by atoms with E-state index in [0.717, 1.165) is 5.69 Å². The SMILES string of the molecule is Cn1[nH]c(Cn2cccc2)cc1=O. The normalized spacial score (nSPS) is 10.5. The molecule has 0 aliphatic heterocycles. The molecule has 1 N–H and O–H groups in total. The highest BCUT2D eigenvalue weighted by Gasteiger charge is 1.98. The van der Waals surface area contributed by atoms with E-state index in [1.807, 2.05) is 29.1 Å². The van der Waals surface area contributed by atoms with E-state index in [4.69, 9.17) is 0 Å². The highest BCUT2D eigenvalue weighted by atomic mass is 16.1. The Morgan fingerprint density at radius 2 is 2.08 bits per heavy atom. The van der Waals surface area contributed by atoms with Gasteiger partial charge in [0.15, 0.2) is 0 Å². The molecule has 0 spiro atoms. The Bertz CT molecular complexity index is 436. The number of rotatable bonds is 2. The van der Waals surface area contributed by atoms with E-state index in [-0.39, 0.29) is 5.56 Å². The molecule has 0 atom stereocenters. The molecule has 0 saturated heterocycles. The van der Waals surface area contributed by atoms with E-state index in [1.54, 1.807) is 13.1 Å². The summed E-state index contributed by atoms with van der Waals surface area (Å²) in [7, 11) is 1.71. The number of aromatic nitrogens is 3. The molecule has 0 unspecified atom stereocenters. The summed E-state index contributed by atoms with van der Waals surface area (Å²) in [5.41, 5.74) is 0.922. The first kappa shape index (κ1) is 7.91. The molecule has 2 rings (SSSR count). The second-order valence-corrected chi connectivity index (χ2v) is 3.03. The zero-order valence-electron chi connectivity index (χ0n) is 7.40. The van der Waals surface area contributed by atoms with Crippen LogP contribution in [0.25, 0.3) is 0 Å². The molecule has 0 aliphatic rings. The molecule has 2 heterocycles. The van der Waals surface area contributed by atoms with Crippen LogP contribution in [-0.4, -0.2) is 14.3 Å². The Labute approximate surface area is 75.4 Å². The zero-order chi connectivity index (χ0) is 9.26. The third-order valence-corrected chi connectivity index (χ3v) is 1.96. The third-order valence-electron chi connectivity index (χ3n) is 1.96. The van der Waals surface area contributed by atoms with Crippen LogP contribution in [0.3, 0.4) is 0 Å². The van der Waals surface area contributed by atoms with E-state index >= 15 is 0 Å².